The molecule has 1 aromatic carbocycles. The zero-order chi connectivity index (χ0) is 19.2. The van der Waals surface area contributed by atoms with Crippen molar-refractivity contribution >= 4 is 17.5 Å². The van der Waals surface area contributed by atoms with Crippen LogP contribution in [0.4, 0.5) is 11.6 Å². The summed E-state index contributed by atoms with van der Waals surface area (Å²) in [5.74, 6) is 0.237. The predicted molar refractivity (Wildman–Crippen MR) is 106 cm³/mol. The van der Waals surface area contributed by atoms with E-state index in [1.165, 1.54) is 5.56 Å². The van der Waals surface area contributed by atoms with Crippen LogP contribution in [-0.4, -0.2) is 48.0 Å². The summed E-state index contributed by atoms with van der Waals surface area (Å²) in [6, 6.07) is 9.70. The van der Waals surface area contributed by atoms with Gasteiger partial charge in [-0.05, 0) is 50.2 Å². The van der Waals surface area contributed by atoms with Gasteiger partial charge in [-0.25, -0.2) is 9.97 Å². The molecule has 2 N–H and O–H groups in total. The van der Waals surface area contributed by atoms with Crippen LogP contribution < -0.4 is 10.6 Å². The summed E-state index contributed by atoms with van der Waals surface area (Å²) < 4.78 is 0. The molecule has 0 radical (unpaired) electrons. The molecule has 0 bridgehead atoms. The molecule has 1 heterocycles. The molecule has 0 aliphatic carbocycles. The molecule has 2 rings (SSSR count). The maximum absolute atomic E-state index is 12.3. The number of amides is 1. The highest BCUT2D eigenvalue weighted by Gasteiger charge is 2.18. The van der Waals surface area contributed by atoms with Crippen molar-refractivity contribution in [3.8, 4) is 0 Å². The Kier molecular flexibility index (Phi) is 6.69. The van der Waals surface area contributed by atoms with E-state index in [1.54, 1.807) is 12.3 Å². The zero-order valence-electron chi connectivity index (χ0n) is 16.3. The van der Waals surface area contributed by atoms with E-state index >= 15 is 0 Å². The minimum atomic E-state index is -0.182. The molecule has 6 heteroatoms. The lowest BCUT2D eigenvalue weighted by atomic mass is 9.86. The van der Waals surface area contributed by atoms with E-state index in [1.807, 2.05) is 32.3 Å². The summed E-state index contributed by atoms with van der Waals surface area (Å²) >= 11 is 0. The molecule has 0 aliphatic rings. The number of carbonyl (C=O) groups excluding carboxylic acids is 1. The van der Waals surface area contributed by atoms with Crippen molar-refractivity contribution in [1.82, 2.24) is 20.2 Å². The molecule has 1 aromatic heterocycles. The first-order chi connectivity index (χ1) is 12.3. The standard InChI is InChI=1S/C20H29N5O/c1-20(2,3)15-9-6-7-10-16(15)23-19-22-13-11-17(24-19)18(26)21-12-8-14-25(4)5/h6-7,9-11,13H,8,12,14H2,1-5H3,(H,21,26)(H,22,23,24). The van der Waals surface area contributed by atoms with Gasteiger partial charge < -0.3 is 15.5 Å². The van der Waals surface area contributed by atoms with E-state index in [0.717, 1.165) is 18.7 Å². The maximum atomic E-state index is 12.3. The monoisotopic (exact) mass is 355 g/mol. The van der Waals surface area contributed by atoms with Crippen LogP contribution in [0.5, 0.6) is 0 Å². The third kappa shape index (κ3) is 5.81. The second kappa shape index (κ2) is 8.76. The van der Waals surface area contributed by atoms with Crippen LogP contribution in [0.15, 0.2) is 36.5 Å². The van der Waals surface area contributed by atoms with Crippen molar-refractivity contribution in [2.45, 2.75) is 32.6 Å². The van der Waals surface area contributed by atoms with Crippen LogP contribution in [-0.2, 0) is 5.41 Å². The fourth-order valence-corrected chi connectivity index (χ4v) is 2.60. The van der Waals surface area contributed by atoms with Gasteiger partial charge in [-0.1, -0.05) is 39.0 Å². The number of benzene rings is 1. The molecule has 26 heavy (non-hydrogen) atoms. The molecule has 0 spiro atoms. The average molecular weight is 355 g/mol. The number of aromatic nitrogens is 2. The Balaban J connectivity index is 2.07. The van der Waals surface area contributed by atoms with Crippen LogP contribution in [0.1, 0.15) is 43.2 Å². The van der Waals surface area contributed by atoms with Crippen LogP contribution in [0.3, 0.4) is 0 Å². The van der Waals surface area contributed by atoms with Gasteiger partial charge in [-0.15, -0.1) is 0 Å². The molecule has 140 valence electrons. The zero-order valence-corrected chi connectivity index (χ0v) is 16.3. The molecule has 2 aromatic rings. The van der Waals surface area contributed by atoms with Crippen LogP contribution in [0.25, 0.3) is 0 Å². The van der Waals surface area contributed by atoms with Crippen molar-refractivity contribution in [2.24, 2.45) is 0 Å². The first-order valence-electron chi connectivity index (χ1n) is 8.90. The third-order valence-electron chi connectivity index (χ3n) is 3.94. The van der Waals surface area contributed by atoms with Gasteiger partial charge in [-0.3, -0.25) is 4.79 Å². The van der Waals surface area contributed by atoms with Gasteiger partial charge >= 0.3 is 0 Å². The van der Waals surface area contributed by atoms with Crippen molar-refractivity contribution in [2.75, 3.05) is 32.5 Å². The molecule has 6 nitrogen and oxygen atoms in total. The lowest BCUT2D eigenvalue weighted by Crippen LogP contribution is -2.28. The molecule has 0 aliphatic heterocycles. The third-order valence-corrected chi connectivity index (χ3v) is 3.94. The molecule has 0 saturated heterocycles. The van der Waals surface area contributed by atoms with Crippen molar-refractivity contribution < 1.29 is 4.79 Å². The fraction of sp³-hybridized carbons (Fsp3) is 0.450. The number of nitrogens with one attached hydrogen (secondary N) is 2. The summed E-state index contributed by atoms with van der Waals surface area (Å²) in [6.07, 6.45) is 2.50. The Bertz CT molecular complexity index is 737. The van der Waals surface area contributed by atoms with Crippen LogP contribution in [0, 0.1) is 0 Å². The van der Waals surface area contributed by atoms with E-state index in [9.17, 15) is 4.79 Å². The second-order valence-electron chi connectivity index (χ2n) is 7.60. The molecule has 0 saturated carbocycles. The summed E-state index contributed by atoms with van der Waals surface area (Å²) in [4.78, 5) is 23.0. The first-order valence-corrected chi connectivity index (χ1v) is 8.90. The Hall–Kier alpha value is -2.47. The van der Waals surface area contributed by atoms with Gasteiger partial charge in [-0.2, -0.15) is 0 Å². The van der Waals surface area contributed by atoms with E-state index < -0.39 is 0 Å². The number of nitrogens with zero attached hydrogens (tertiary/aromatic N) is 3. The fourth-order valence-electron chi connectivity index (χ4n) is 2.60. The molecule has 0 unspecified atom stereocenters. The van der Waals surface area contributed by atoms with Gasteiger partial charge in [0.1, 0.15) is 5.69 Å². The van der Waals surface area contributed by atoms with E-state index in [2.05, 4.69) is 52.3 Å². The average Bonchev–Trinajstić information content (AvgIpc) is 2.58. The maximum Gasteiger partial charge on any atom is 0.270 e. The van der Waals surface area contributed by atoms with Gasteiger partial charge in [0, 0.05) is 18.4 Å². The molecular weight excluding hydrogens is 326 g/mol. The minimum absolute atomic E-state index is 0.00891. The smallest absolute Gasteiger partial charge is 0.270 e. The number of anilines is 2. The Morgan fingerprint density at radius 3 is 2.58 bits per heavy atom. The molecule has 1 amide bonds. The van der Waals surface area contributed by atoms with E-state index in [0.29, 0.717) is 18.2 Å². The minimum Gasteiger partial charge on any atom is -0.351 e. The largest absolute Gasteiger partial charge is 0.351 e. The van der Waals surface area contributed by atoms with Crippen molar-refractivity contribution in [3.63, 3.8) is 0 Å². The Labute approximate surface area is 156 Å². The lowest BCUT2D eigenvalue weighted by Gasteiger charge is -2.23. The number of hydrogen-bond acceptors (Lipinski definition) is 5. The number of rotatable bonds is 7. The van der Waals surface area contributed by atoms with Gasteiger partial charge in [0.05, 0.1) is 0 Å². The van der Waals surface area contributed by atoms with Crippen LogP contribution >= 0.6 is 0 Å². The van der Waals surface area contributed by atoms with Gasteiger partial charge in [0.2, 0.25) is 5.95 Å². The van der Waals surface area contributed by atoms with E-state index in [4.69, 9.17) is 0 Å². The lowest BCUT2D eigenvalue weighted by molar-refractivity contribution is 0.0947. The van der Waals surface area contributed by atoms with E-state index in [-0.39, 0.29) is 11.3 Å². The number of para-hydroxylation sites is 1. The number of hydrogen-bond donors (Lipinski definition) is 2. The summed E-state index contributed by atoms with van der Waals surface area (Å²) in [5.41, 5.74) is 2.47. The van der Waals surface area contributed by atoms with Gasteiger partial charge in [0.15, 0.2) is 0 Å². The summed E-state index contributed by atoms with van der Waals surface area (Å²) in [5, 5.41) is 6.15. The van der Waals surface area contributed by atoms with Crippen molar-refractivity contribution in [1.29, 1.82) is 0 Å². The molecular formula is C20H29N5O. The quantitative estimate of drug-likeness (QED) is 0.747. The highest BCUT2D eigenvalue weighted by Crippen LogP contribution is 2.30. The Morgan fingerprint density at radius 2 is 1.88 bits per heavy atom. The summed E-state index contributed by atoms with van der Waals surface area (Å²) in [7, 11) is 4.03. The van der Waals surface area contributed by atoms with Crippen LogP contribution in [0.2, 0.25) is 0 Å². The Morgan fingerprint density at radius 1 is 1.15 bits per heavy atom. The molecule has 0 atom stereocenters. The topological polar surface area (TPSA) is 70.2 Å². The summed E-state index contributed by atoms with van der Waals surface area (Å²) in [6.45, 7) is 8.03. The van der Waals surface area contributed by atoms with Gasteiger partial charge in [0.25, 0.3) is 5.91 Å². The molecule has 0 fully saturated rings. The second-order valence-corrected chi connectivity index (χ2v) is 7.60. The van der Waals surface area contributed by atoms with Crippen molar-refractivity contribution in [3.05, 3.63) is 47.8 Å². The number of carbonyl (C=O) groups is 1. The SMILES string of the molecule is CN(C)CCCNC(=O)c1ccnc(Nc2ccccc2C(C)(C)C)n1. The highest BCUT2D eigenvalue weighted by atomic mass is 16.1. The normalized spacial score (nSPS) is 11.5. The predicted octanol–water partition coefficient (Wildman–Crippen LogP) is 3.20. The highest BCUT2D eigenvalue weighted by molar-refractivity contribution is 5.92. The first kappa shape index (κ1) is 19.8.